The van der Waals surface area contributed by atoms with Crippen molar-refractivity contribution in [3.8, 4) is 73.2 Å². The zero-order chi connectivity index (χ0) is 52.3. The summed E-state index contributed by atoms with van der Waals surface area (Å²) in [6.45, 7) is 27.5. The molecule has 4 heterocycles. The van der Waals surface area contributed by atoms with Crippen LogP contribution in [0.15, 0.2) is 182 Å². The molecule has 1 aliphatic rings. The van der Waals surface area contributed by atoms with E-state index in [4.69, 9.17) is 9.72 Å². The Morgan fingerprint density at radius 1 is 0.413 bits per heavy atom. The normalized spacial score (nSPS) is 12.8. The standard InChI is InChI=1S/C70H66N4O/c1-67(2,3)45-30-28-44(29-31-45)58-36-47(69(7,8)9)37-59-54-24-15-13-22-52(54)53-23-14-16-25-55(53)60-38-48(70(10,11)12)39-63-66(60)73(65(58)59)43-72(63)49-20-19-21-50(41-49)75-51-32-33-57-56-26-17-18-27-61(56)74(62(57)42-51)64-40-46(34-35-71-64)68(4,5)6/h13-42H,1-12H3. The number of benzene rings is 8. The largest absolute Gasteiger partial charge is 0.458 e. The fourth-order valence-electron chi connectivity index (χ4n) is 11.1. The van der Waals surface area contributed by atoms with Gasteiger partial charge in [0.25, 0.3) is 6.33 Å². The average Bonchev–Trinajstić information content (AvgIpc) is 3.94. The Labute approximate surface area is 442 Å². The molecule has 372 valence electrons. The van der Waals surface area contributed by atoms with Crippen LogP contribution < -0.4 is 9.30 Å². The third-order valence-corrected chi connectivity index (χ3v) is 15.4. The summed E-state index contributed by atoms with van der Waals surface area (Å²) in [7, 11) is 0. The molecule has 8 aromatic carbocycles. The molecule has 1 aliphatic heterocycles. The summed E-state index contributed by atoms with van der Waals surface area (Å²) in [6, 6.07) is 64.8. The molecule has 0 saturated heterocycles. The van der Waals surface area contributed by atoms with Crippen molar-refractivity contribution in [1.29, 1.82) is 0 Å². The van der Waals surface area contributed by atoms with Crippen LogP contribution in [0, 0.1) is 6.33 Å². The number of para-hydroxylation sites is 1. The molecule has 0 fully saturated rings. The maximum absolute atomic E-state index is 6.96. The topological polar surface area (TPSA) is 35.9 Å². The minimum Gasteiger partial charge on any atom is -0.458 e. The van der Waals surface area contributed by atoms with Crippen molar-refractivity contribution in [2.45, 2.75) is 105 Å². The van der Waals surface area contributed by atoms with E-state index in [2.05, 4.69) is 279 Å². The Kier molecular flexibility index (Phi) is 11.0. The molecule has 12 rings (SSSR count). The molecule has 0 amide bonds. The molecule has 5 nitrogen and oxygen atoms in total. The highest BCUT2D eigenvalue weighted by Gasteiger charge is 2.31. The Morgan fingerprint density at radius 3 is 1.64 bits per heavy atom. The number of ether oxygens (including phenoxy) is 1. The van der Waals surface area contributed by atoms with E-state index in [0.29, 0.717) is 0 Å². The highest BCUT2D eigenvalue weighted by atomic mass is 16.5. The van der Waals surface area contributed by atoms with Crippen LogP contribution in [-0.4, -0.2) is 14.1 Å². The number of aromatic nitrogens is 4. The van der Waals surface area contributed by atoms with Crippen LogP contribution in [0.4, 0.5) is 0 Å². The lowest BCUT2D eigenvalue weighted by Crippen LogP contribution is -2.32. The molecule has 5 heteroatoms. The van der Waals surface area contributed by atoms with Gasteiger partial charge in [-0.3, -0.25) is 13.7 Å². The Hall–Kier alpha value is -8.02. The van der Waals surface area contributed by atoms with Gasteiger partial charge >= 0.3 is 0 Å². The molecule has 0 aliphatic carbocycles. The molecule has 0 atom stereocenters. The molecular weight excluding hydrogens is 913 g/mol. The van der Waals surface area contributed by atoms with Gasteiger partial charge < -0.3 is 4.74 Å². The number of fused-ring (bicyclic) bond motifs is 10. The second kappa shape index (κ2) is 17.3. The average molecular weight is 979 g/mol. The van der Waals surface area contributed by atoms with Crippen molar-refractivity contribution in [3.05, 3.63) is 211 Å². The molecule has 75 heavy (non-hydrogen) atoms. The van der Waals surface area contributed by atoms with Crippen LogP contribution in [0.3, 0.4) is 0 Å². The molecule has 0 radical (unpaired) electrons. The first-order valence-electron chi connectivity index (χ1n) is 26.5. The van der Waals surface area contributed by atoms with Crippen LogP contribution in [0.2, 0.25) is 0 Å². The predicted octanol–water partition coefficient (Wildman–Crippen LogP) is 18.2. The maximum atomic E-state index is 6.96. The lowest BCUT2D eigenvalue weighted by molar-refractivity contribution is -0.570. The van der Waals surface area contributed by atoms with E-state index in [0.717, 1.165) is 61.7 Å². The van der Waals surface area contributed by atoms with Crippen LogP contribution in [0.1, 0.15) is 105 Å². The van der Waals surface area contributed by atoms with Crippen LogP contribution in [0.25, 0.3) is 94.5 Å². The van der Waals surface area contributed by atoms with Gasteiger partial charge in [0, 0.05) is 23.0 Å². The molecule has 0 N–H and O–H groups in total. The number of rotatable bonds is 5. The first kappa shape index (κ1) is 48.0. The summed E-state index contributed by atoms with van der Waals surface area (Å²) in [5.41, 5.74) is 20.5. The number of nitrogens with zero attached hydrogens (tertiary/aromatic N) is 4. The first-order chi connectivity index (χ1) is 35.7. The number of imidazole rings is 1. The minimum absolute atomic E-state index is 0.0139. The Balaban J connectivity index is 1.10. The summed E-state index contributed by atoms with van der Waals surface area (Å²) < 4.78 is 13.9. The number of hydrogen-bond donors (Lipinski definition) is 0. The van der Waals surface area contributed by atoms with Gasteiger partial charge in [-0.15, -0.1) is 0 Å². The minimum atomic E-state index is -0.162. The highest BCUT2D eigenvalue weighted by Crippen LogP contribution is 2.48. The molecular formula is C70H66N4O. The molecule has 0 spiro atoms. The molecule has 0 bridgehead atoms. The van der Waals surface area contributed by atoms with Gasteiger partial charge in [0.15, 0.2) is 0 Å². The van der Waals surface area contributed by atoms with E-state index in [1.807, 2.05) is 6.20 Å². The molecule has 0 unspecified atom stereocenters. The molecule has 11 aromatic rings. The van der Waals surface area contributed by atoms with Crippen LogP contribution in [0.5, 0.6) is 11.5 Å². The van der Waals surface area contributed by atoms with E-state index in [-0.39, 0.29) is 21.7 Å². The van der Waals surface area contributed by atoms with Gasteiger partial charge in [0.2, 0.25) is 0 Å². The monoisotopic (exact) mass is 979 g/mol. The van der Waals surface area contributed by atoms with Gasteiger partial charge in [-0.25, -0.2) is 4.98 Å². The fourth-order valence-corrected chi connectivity index (χ4v) is 11.1. The highest BCUT2D eigenvalue weighted by molar-refractivity contribution is 6.09. The van der Waals surface area contributed by atoms with Crippen molar-refractivity contribution in [2.75, 3.05) is 0 Å². The van der Waals surface area contributed by atoms with E-state index in [9.17, 15) is 0 Å². The van der Waals surface area contributed by atoms with Crippen molar-refractivity contribution in [3.63, 3.8) is 0 Å². The van der Waals surface area contributed by atoms with Gasteiger partial charge in [-0.2, -0.15) is 0 Å². The van der Waals surface area contributed by atoms with E-state index in [1.165, 1.54) is 66.6 Å². The zero-order valence-electron chi connectivity index (χ0n) is 45.5. The zero-order valence-corrected chi connectivity index (χ0v) is 45.5. The summed E-state index contributed by atoms with van der Waals surface area (Å²) in [5.74, 6) is 2.36. The van der Waals surface area contributed by atoms with Crippen molar-refractivity contribution in [2.24, 2.45) is 0 Å². The van der Waals surface area contributed by atoms with Gasteiger partial charge in [-0.1, -0.05) is 198 Å². The second-order valence-electron chi connectivity index (χ2n) is 24.8. The second-order valence-corrected chi connectivity index (χ2v) is 24.8. The summed E-state index contributed by atoms with van der Waals surface area (Å²) in [6.07, 6.45) is 6.01. The number of hydrogen-bond acceptors (Lipinski definition) is 2. The lowest BCUT2D eigenvalue weighted by atomic mass is 9.80. The van der Waals surface area contributed by atoms with Crippen LogP contribution >= 0.6 is 0 Å². The van der Waals surface area contributed by atoms with Gasteiger partial charge in [0.1, 0.15) is 17.3 Å². The Morgan fingerprint density at radius 2 is 0.973 bits per heavy atom. The quantitative estimate of drug-likeness (QED) is 0.127. The van der Waals surface area contributed by atoms with Gasteiger partial charge in [-0.05, 0) is 143 Å². The van der Waals surface area contributed by atoms with Crippen molar-refractivity contribution in [1.82, 2.24) is 14.1 Å². The van der Waals surface area contributed by atoms with E-state index < -0.39 is 0 Å². The summed E-state index contributed by atoms with van der Waals surface area (Å²) >= 11 is 0. The van der Waals surface area contributed by atoms with Crippen molar-refractivity contribution < 1.29 is 9.30 Å². The predicted molar refractivity (Wildman–Crippen MR) is 312 cm³/mol. The summed E-state index contributed by atoms with van der Waals surface area (Å²) in [4.78, 5) is 4.94. The van der Waals surface area contributed by atoms with Crippen LogP contribution in [-0.2, 0) is 21.7 Å². The number of pyridine rings is 1. The van der Waals surface area contributed by atoms with E-state index in [1.54, 1.807) is 0 Å². The molecule has 0 saturated carbocycles. The van der Waals surface area contributed by atoms with Gasteiger partial charge in [0.05, 0.1) is 33.4 Å². The third kappa shape index (κ3) is 8.34. The van der Waals surface area contributed by atoms with Crippen molar-refractivity contribution >= 4 is 32.8 Å². The smallest absolute Gasteiger partial charge is 0.269 e. The first-order valence-corrected chi connectivity index (χ1v) is 26.5. The third-order valence-electron chi connectivity index (χ3n) is 15.4. The van der Waals surface area contributed by atoms with E-state index >= 15 is 0 Å². The Bertz CT molecular complexity index is 4060. The SMILES string of the molecule is CC(C)(C)c1ccc(-c2cc(C(C)(C)C)cc3c2-[n+]2[c-]n(-c4cccc(Oc5ccc6c7ccccc7n(-c7cc(C(C)(C)C)ccn7)c6c5)c4)c4cc(C(C)(C)C)cc(c42)-c2ccccc2-c2ccccc2-3)cc1. The fraction of sp³-hybridized carbons (Fsp3) is 0.229. The molecule has 3 aromatic heterocycles. The summed E-state index contributed by atoms with van der Waals surface area (Å²) in [5, 5.41) is 2.32. The lowest BCUT2D eigenvalue weighted by Gasteiger charge is -2.26. The maximum Gasteiger partial charge on any atom is 0.269 e.